The van der Waals surface area contributed by atoms with Crippen LogP contribution in [0.15, 0.2) is 24.5 Å². The summed E-state index contributed by atoms with van der Waals surface area (Å²) in [5.74, 6) is -0.284. The van der Waals surface area contributed by atoms with Crippen LogP contribution in [0.5, 0.6) is 0 Å². The first kappa shape index (κ1) is 14.0. The normalized spacial score (nSPS) is 23.0. The maximum atomic E-state index is 11.6. The van der Waals surface area contributed by atoms with E-state index < -0.39 is 0 Å². The zero-order valence-corrected chi connectivity index (χ0v) is 12.3. The zero-order valence-electron chi connectivity index (χ0n) is 12.3. The van der Waals surface area contributed by atoms with Gasteiger partial charge in [-0.05, 0) is 24.1 Å². The van der Waals surface area contributed by atoms with E-state index in [4.69, 9.17) is 10.5 Å². The number of aromatic nitrogens is 2. The summed E-state index contributed by atoms with van der Waals surface area (Å²) in [6, 6.07) is 5.94. The van der Waals surface area contributed by atoms with Gasteiger partial charge >= 0.3 is 0 Å². The lowest BCUT2D eigenvalue weighted by Crippen LogP contribution is -2.39. The van der Waals surface area contributed by atoms with Crippen molar-refractivity contribution in [1.82, 2.24) is 14.5 Å². The van der Waals surface area contributed by atoms with Gasteiger partial charge in [0.15, 0.2) is 0 Å². The topological polar surface area (TPSA) is 73.4 Å². The van der Waals surface area contributed by atoms with Crippen LogP contribution in [0.25, 0.3) is 11.0 Å². The number of benzene rings is 1. The van der Waals surface area contributed by atoms with E-state index in [1.54, 1.807) is 13.4 Å². The van der Waals surface area contributed by atoms with Gasteiger partial charge in [-0.2, -0.15) is 0 Å². The van der Waals surface area contributed by atoms with Crippen LogP contribution >= 0.6 is 0 Å². The summed E-state index contributed by atoms with van der Waals surface area (Å²) in [4.78, 5) is 18.0. The third-order valence-corrected chi connectivity index (χ3v) is 4.20. The lowest BCUT2D eigenvalue weighted by atomic mass is 10.1. The standard InChI is InChI=1S/C15H20N4O2/c1-18-9-17-12-5-10(3-4-13(12)18)7-19-8-11(21-2)6-14(19)15(16)20/h3-5,9,11,14H,6-8H2,1-2H3,(H2,16,20)/t11-,14-/m0/s1. The molecule has 3 rings (SSSR count). The van der Waals surface area contributed by atoms with Crippen LogP contribution in [-0.4, -0.2) is 46.2 Å². The highest BCUT2D eigenvalue weighted by atomic mass is 16.5. The van der Waals surface area contributed by atoms with Gasteiger partial charge in [-0.25, -0.2) is 4.98 Å². The second-order valence-electron chi connectivity index (χ2n) is 5.62. The van der Waals surface area contributed by atoms with E-state index in [0.29, 0.717) is 13.0 Å². The van der Waals surface area contributed by atoms with E-state index in [1.165, 1.54) is 0 Å². The number of carbonyl (C=O) groups excluding carboxylic acids is 1. The van der Waals surface area contributed by atoms with E-state index in [2.05, 4.69) is 28.1 Å². The molecule has 1 fully saturated rings. The first-order chi connectivity index (χ1) is 10.1. The Hall–Kier alpha value is -1.92. The molecule has 2 aromatic rings. The molecule has 21 heavy (non-hydrogen) atoms. The minimum atomic E-state index is -0.284. The van der Waals surface area contributed by atoms with E-state index in [1.807, 2.05) is 11.6 Å². The fraction of sp³-hybridized carbons (Fsp3) is 0.467. The molecule has 1 aromatic carbocycles. The molecule has 1 aromatic heterocycles. The number of primary amides is 1. The summed E-state index contributed by atoms with van der Waals surface area (Å²) in [5.41, 5.74) is 8.69. The van der Waals surface area contributed by atoms with E-state index in [-0.39, 0.29) is 18.1 Å². The van der Waals surface area contributed by atoms with Gasteiger partial charge in [-0.15, -0.1) is 0 Å². The van der Waals surface area contributed by atoms with Gasteiger partial charge in [-0.1, -0.05) is 6.07 Å². The van der Waals surface area contributed by atoms with Crippen LogP contribution in [0.1, 0.15) is 12.0 Å². The number of nitrogens with two attached hydrogens (primary N) is 1. The highest BCUT2D eigenvalue weighted by molar-refractivity contribution is 5.80. The molecule has 1 aliphatic rings. The maximum Gasteiger partial charge on any atom is 0.234 e. The number of carbonyl (C=O) groups is 1. The number of ether oxygens (including phenoxy) is 1. The maximum absolute atomic E-state index is 11.6. The highest BCUT2D eigenvalue weighted by Crippen LogP contribution is 2.23. The van der Waals surface area contributed by atoms with E-state index >= 15 is 0 Å². The average molecular weight is 288 g/mol. The number of fused-ring (bicyclic) bond motifs is 1. The number of amides is 1. The average Bonchev–Trinajstić information content (AvgIpc) is 3.03. The molecular formula is C15H20N4O2. The smallest absolute Gasteiger partial charge is 0.234 e. The Bertz CT molecular complexity index is 667. The molecular weight excluding hydrogens is 268 g/mol. The predicted octanol–water partition coefficient (Wildman–Crippen LogP) is 0.648. The van der Waals surface area contributed by atoms with Gasteiger partial charge in [0.1, 0.15) is 0 Å². The van der Waals surface area contributed by atoms with Gasteiger partial charge < -0.3 is 15.0 Å². The summed E-state index contributed by atoms with van der Waals surface area (Å²) in [7, 11) is 3.65. The van der Waals surface area contributed by atoms with Crippen molar-refractivity contribution in [3.63, 3.8) is 0 Å². The molecule has 0 bridgehead atoms. The van der Waals surface area contributed by atoms with Gasteiger partial charge in [0.05, 0.1) is 29.5 Å². The summed E-state index contributed by atoms with van der Waals surface area (Å²) in [5, 5.41) is 0. The lowest BCUT2D eigenvalue weighted by molar-refractivity contribution is -0.122. The quantitative estimate of drug-likeness (QED) is 0.896. The minimum absolute atomic E-state index is 0.0704. The summed E-state index contributed by atoms with van der Waals surface area (Å²) in [6.45, 7) is 1.41. The zero-order chi connectivity index (χ0) is 15.0. The van der Waals surface area contributed by atoms with E-state index in [9.17, 15) is 4.79 Å². The molecule has 1 amide bonds. The fourth-order valence-corrected chi connectivity index (χ4v) is 3.02. The van der Waals surface area contributed by atoms with Crippen molar-refractivity contribution in [3.8, 4) is 0 Å². The first-order valence-corrected chi connectivity index (χ1v) is 7.04. The second kappa shape index (κ2) is 5.46. The molecule has 2 atom stereocenters. The van der Waals surface area contributed by atoms with Gasteiger partial charge in [-0.3, -0.25) is 9.69 Å². The van der Waals surface area contributed by atoms with Crippen LogP contribution in [0.3, 0.4) is 0 Å². The Labute approximate surface area is 123 Å². The molecule has 0 unspecified atom stereocenters. The van der Waals surface area contributed by atoms with Crippen molar-refractivity contribution in [1.29, 1.82) is 0 Å². The van der Waals surface area contributed by atoms with Crippen LogP contribution in [0, 0.1) is 0 Å². The van der Waals surface area contributed by atoms with Crippen LogP contribution in [0.2, 0.25) is 0 Å². The Morgan fingerprint density at radius 2 is 2.33 bits per heavy atom. The monoisotopic (exact) mass is 288 g/mol. The SMILES string of the molecule is CO[C@H]1C[C@@H](C(N)=O)N(Cc2ccc3c(c2)ncn3C)C1. The molecule has 1 aliphatic heterocycles. The van der Waals surface area contributed by atoms with Crippen LogP contribution in [-0.2, 0) is 23.1 Å². The molecule has 1 saturated heterocycles. The largest absolute Gasteiger partial charge is 0.380 e. The Balaban J connectivity index is 1.81. The molecule has 2 N–H and O–H groups in total. The molecule has 6 heteroatoms. The van der Waals surface area contributed by atoms with Crippen molar-refractivity contribution in [2.45, 2.75) is 25.1 Å². The van der Waals surface area contributed by atoms with Crippen molar-refractivity contribution < 1.29 is 9.53 Å². The Morgan fingerprint density at radius 3 is 3.05 bits per heavy atom. The number of nitrogens with zero attached hydrogens (tertiary/aromatic N) is 3. The highest BCUT2D eigenvalue weighted by Gasteiger charge is 2.35. The fourth-order valence-electron chi connectivity index (χ4n) is 3.02. The third-order valence-electron chi connectivity index (χ3n) is 4.20. The molecule has 0 radical (unpaired) electrons. The number of likely N-dealkylation sites (tertiary alicyclic amines) is 1. The summed E-state index contributed by atoms with van der Waals surface area (Å²) >= 11 is 0. The summed E-state index contributed by atoms with van der Waals surface area (Å²) < 4.78 is 7.36. The molecule has 0 aliphatic carbocycles. The Kier molecular flexibility index (Phi) is 3.65. The van der Waals surface area contributed by atoms with Gasteiger partial charge in [0, 0.05) is 27.2 Å². The van der Waals surface area contributed by atoms with Gasteiger partial charge in [0.2, 0.25) is 5.91 Å². The number of hydrogen-bond donors (Lipinski definition) is 1. The van der Waals surface area contributed by atoms with Crippen molar-refractivity contribution in [2.24, 2.45) is 12.8 Å². The number of imidazole rings is 1. The summed E-state index contributed by atoms with van der Waals surface area (Å²) in [6.07, 6.45) is 2.54. The number of methoxy groups -OCH3 is 1. The molecule has 6 nitrogen and oxygen atoms in total. The minimum Gasteiger partial charge on any atom is -0.380 e. The van der Waals surface area contributed by atoms with E-state index in [0.717, 1.165) is 23.1 Å². The lowest BCUT2D eigenvalue weighted by Gasteiger charge is -2.21. The first-order valence-electron chi connectivity index (χ1n) is 7.04. The molecule has 0 spiro atoms. The van der Waals surface area contributed by atoms with Crippen molar-refractivity contribution in [3.05, 3.63) is 30.1 Å². The second-order valence-corrected chi connectivity index (χ2v) is 5.62. The van der Waals surface area contributed by atoms with Crippen LogP contribution in [0.4, 0.5) is 0 Å². The van der Waals surface area contributed by atoms with Gasteiger partial charge in [0.25, 0.3) is 0 Å². The predicted molar refractivity (Wildman–Crippen MR) is 79.5 cm³/mol. The number of rotatable bonds is 4. The molecule has 112 valence electrons. The Morgan fingerprint density at radius 1 is 1.52 bits per heavy atom. The van der Waals surface area contributed by atoms with Crippen molar-refractivity contribution >= 4 is 16.9 Å². The number of aryl methyl sites for hydroxylation is 1. The van der Waals surface area contributed by atoms with Crippen LogP contribution < -0.4 is 5.73 Å². The number of hydrogen-bond acceptors (Lipinski definition) is 4. The molecule has 0 saturated carbocycles. The third kappa shape index (κ3) is 2.64. The molecule has 2 heterocycles. The van der Waals surface area contributed by atoms with Crippen molar-refractivity contribution in [2.75, 3.05) is 13.7 Å².